The number of hydrogen-bond acceptors (Lipinski definition) is 7. The molecule has 0 bridgehead atoms. The van der Waals surface area contributed by atoms with E-state index in [-0.39, 0.29) is 30.3 Å². The number of anilines is 1. The molecule has 0 atom stereocenters. The van der Waals surface area contributed by atoms with Gasteiger partial charge in [0.1, 0.15) is 18.1 Å². The molecule has 0 aliphatic heterocycles. The average Bonchev–Trinajstić information content (AvgIpc) is 3.57. The molecule has 2 N–H and O–H groups in total. The highest BCUT2D eigenvalue weighted by Crippen LogP contribution is 2.27. The molecule has 0 aliphatic rings. The molecular formula is C23H22N4O6. The quantitative estimate of drug-likeness (QED) is 0.401. The van der Waals surface area contributed by atoms with Gasteiger partial charge in [-0.3, -0.25) is 14.3 Å². The number of nitrogens with zero attached hydrogens (tertiary/aromatic N) is 2. The van der Waals surface area contributed by atoms with E-state index in [0.717, 1.165) is 0 Å². The van der Waals surface area contributed by atoms with Crippen molar-refractivity contribution in [1.29, 1.82) is 0 Å². The van der Waals surface area contributed by atoms with Crippen LogP contribution < -0.4 is 20.1 Å². The molecule has 0 saturated carbocycles. The van der Waals surface area contributed by atoms with Crippen molar-refractivity contribution in [1.82, 2.24) is 15.1 Å². The summed E-state index contributed by atoms with van der Waals surface area (Å²) in [5.41, 5.74) is 0.325. The van der Waals surface area contributed by atoms with Gasteiger partial charge in [-0.25, -0.2) is 0 Å². The second-order valence-electron chi connectivity index (χ2n) is 6.99. The maximum Gasteiger partial charge on any atom is 0.291 e. The lowest BCUT2D eigenvalue weighted by molar-refractivity contribution is 0.0943. The van der Waals surface area contributed by atoms with Crippen LogP contribution in [0.15, 0.2) is 69.8 Å². The fourth-order valence-corrected chi connectivity index (χ4v) is 3.06. The smallest absolute Gasteiger partial charge is 0.291 e. The third-order valence-electron chi connectivity index (χ3n) is 4.62. The first-order valence-corrected chi connectivity index (χ1v) is 10.0. The van der Waals surface area contributed by atoms with Crippen LogP contribution >= 0.6 is 0 Å². The van der Waals surface area contributed by atoms with Crippen molar-refractivity contribution in [3.63, 3.8) is 0 Å². The van der Waals surface area contributed by atoms with Crippen molar-refractivity contribution in [3.05, 3.63) is 84.0 Å². The normalized spacial score (nSPS) is 10.6. The van der Waals surface area contributed by atoms with Crippen molar-refractivity contribution in [2.24, 2.45) is 7.05 Å². The number of nitrogens with one attached hydrogen (secondary N) is 2. The van der Waals surface area contributed by atoms with E-state index in [0.29, 0.717) is 23.0 Å². The summed E-state index contributed by atoms with van der Waals surface area (Å²) in [5.74, 6) is 1.30. The number of carbonyl (C=O) groups excluding carboxylic acids is 2. The predicted octanol–water partition coefficient (Wildman–Crippen LogP) is 3.38. The molecule has 1 aromatic carbocycles. The minimum atomic E-state index is -0.522. The molecule has 10 heteroatoms. The lowest BCUT2D eigenvalue weighted by atomic mass is 10.3. The number of hydrogen-bond donors (Lipinski definition) is 2. The minimum absolute atomic E-state index is 0.0689. The Morgan fingerprint density at radius 1 is 1.03 bits per heavy atom. The Morgan fingerprint density at radius 2 is 1.85 bits per heavy atom. The molecule has 170 valence electrons. The van der Waals surface area contributed by atoms with Crippen molar-refractivity contribution in [2.45, 2.75) is 13.2 Å². The molecular weight excluding hydrogens is 428 g/mol. The number of methoxy groups -OCH3 is 1. The second-order valence-corrected chi connectivity index (χ2v) is 6.99. The molecule has 0 fully saturated rings. The first-order chi connectivity index (χ1) is 16.0. The fourth-order valence-electron chi connectivity index (χ4n) is 3.06. The lowest BCUT2D eigenvalue weighted by Gasteiger charge is -2.08. The Hall–Kier alpha value is -4.47. The third kappa shape index (κ3) is 5.24. The molecule has 3 aromatic heterocycles. The molecule has 0 radical (unpaired) electrons. The van der Waals surface area contributed by atoms with Gasteiger partial charge in [0.05, 0.1) is 25.6 Å². The van der Waals surface area contributed by atoms with E-state index in [4.69, 9.17) is 18.3 Å². The lowest BCUT2D eigenvalue weighted by Crippen LogP contribution is -2.25. The van der Waals surface area contributed by atoms with Gasteiger partial charge in [-0.1, -0.05) is 12.1 Å². The van der Waals surface area contributed by atoms with Gasteiger partial charge in [0.15, 0.2) is 23.0 Å². The van der Waals surface area contributed by atoms with Crippen LogP contribution in [0.1, 0.15) is 32.6 Å². The zero-order valence-electron chi connectivity index (χ0n) is 18.0. The van der Waals surface area contributed by atoms with Crippen molar-refractivity contribution < 1.29 is 27.9 Å². The first-order valence-electron chi connectivity index (χ1n) is 10.0. The van der Waals surface area contributed by atoms with E-state index in [1.54, 1.807) is 44.5 Å². The van der Waals surface area contributed by atoms with E-state index < -0.39 is 11.8 Å². The average molecular weight is 450 g/mol. The minimum Gasteiger partial charge on any atom is -0.493 e. The standard InChI is InChI=1S/C23H22N4O6/c1-27-13-17(21(26-27)23(29)24-12-15-6-5-11-31-15)25-22(28)20-10-9-16(33-20)14-32-19-8-4-3-7-18(19)30-2/h3-11,13H,12,14H2,1-2H3,(H,24,29)(H,25,28). The first kappa shape index (κ1) is 21.8. The Kier molecular flexibility index (Phi) is 6.44. The number of furan rings is 2. The molecule has 0 saturated heterocycles. The summed E-state index contributed by atoms with van der Waals surface area (Å²) in [4.78, 5) is 25.2. The predicted molar refractivity (Wildman–Crippen MR) is 117 cm³/mol. The van der Waals surface area contributed by atoms with Crippen LogP contribution in [0.2, 0.25) is 0 Å². The summed E-state index contributed by atoms with van der Waals surface area (Å²) in [6.45, 7) is 0.310. The van der Waals surface area contributed by atoms with E-state index in [1.807, 2.05) is 12.1 Å². The molecule has 2 amide bonds. The number of para-hydroxylation sites is 2. The molecule has 0 aliphatic carbocycles. The second kappa shape index (κ2) is 9.77. The number of carbonyl (C=O) groups is 2. The maximum atomic E-state index is 12.7. The van der Waals surface area contributed by atoms with Crippen molar-refractivity contribution in [2.75, 3.05) is 12.4 Å². The van der Waals surface area contributed by atoms with Crippen LogP contribution in [0.3, 0.4) is 0 Å². The summed E-state index contributed by atoms with van der Waals surface area (Å²) in [6, 6.07) is 13.9. The number of amides is 2. The summed E-state index contributed by atoms with van der Waals surface area (Å²) in [6.07, 6.45) is 3.06. The number of rotatable bonds is 9. The van der Waals surface area contributed by atoms with Gasteiger partial charge in [0.25, 0.3) is 11.8 Å². The number of benzene rings is 1. The fraction of sp³-hybridized carbons (Fsp3) is 0.174. The number of aromatic nitrogens is 2. The zero-order chi connectivity index (χ0) is 23.2. The largest absolute Gasteiger partial charge is 0.493 e. The van der Waals surface area contributed by atoms with Gasteiger partial charge in [-0.2, -0.15) is 5.10 Å². The number of aryl methyl sites for hydroxylation is 1. The maximum absolute atomic E-state index is 12.7. The van der Waals surface area contributed by atoms with Gasteiger partial charge >= 0.3 is 0 Å². The van der Waals surface area contributed by atoms with Crippen LogP contribution in [0.4, 0.5) is 5.69 Å². The molecule has 0 unspecified atom stereocenters. The van der Waals surface area contributed by atoms with Crippen LogP contribution in [0.25, 0.3) is 0 Å². The molecule has 33 heavy (non-hydrogen) atoms. The SMILES string of the molecule is COc1ccccc1OCc1ccc(C(=O)Nc2cn(C)nc2C(=O)NCc2ccco2)o1. The van der Waals surface area contributed by atoms with E-state index in [2.05, 4.69) is 15.7 Å². The van der Waals surface area contributed by atoms with Crippen molar-refractivity contribution >= 4 is 17.5 Å². The monoisotopic (exact) mass is 450 g/mol. The summed E-state index contributed by atoms with van der Waals surface area (Å²) in [7, 11) is 3.21. The molecule has 10 nitrogen and oxygen atoms in total. The van der Waals surface area contributed by atoms with E-state index >= 15 is 0 Å². The topological polar surface area (TPSA) is 121 Å². The molecule has 0 spiro atoms. The summed E-state index contributed by atoms with van der Waals surface area (Å²) >= 11 is 0. The van der Waals surface area contributed by atoms with Gasteiger partial charge in [-0.05, 0) is 36.4 Å². The van der Waals surface area contributed by atoms with E-state index in [9.17, 15) is 9.59 Å². The summed E-state index contributed by atoms with van der Waals surface area (Å²) in [5, 5.41) is 9.51. The zero-order valence-corrected chi connectivity index (χ0v) is 18.0. The van der Waals surface area contributed by atoms with Gasteiger partial charge in [0, 0.05) is 13.2 Å². The van der Waals surface area contributed by atoms with Crippen molar-refractivity contribution in [3.8, 4) is 11.5 Å². The third-order valence-corrected chi connectivity index (χ3v) is 4.62. The Bertz CT molecular complexity index is 1240. The Balaban J connectivity index is 1.39. The van der Waals surface area contributed by atoms with Gasteiger partial charge in [-0.15, -0.1) is 0 Å². The van der Waals surface area contributed by atoms with Crippen LogP contribution in [-0.2, 0) is 20.2 Å². The number of ether oxygens (including phenoxy) is 2. The van der Waals surface area contributed by atoms with Crippen LogP contribution in [0, 0.1) is 0 Å². The molecule has 4 rings (SSSR count). The highest BCUT2D eigenvalue weighted by Gasteiger charge is 2.20. The Morgan fingerprint density at radius 3 is 2.61 bits per heavy atom. The van der Waals surface area contributed by atoms with Gasteiger partial charge < -0.3 is 28.9 Å². The molecule has 4 aromatic rings. The summed E-state index contributed by atoms with van der Waals surface area (Å²) < 4.78 is 23.2. The highest BCUT2D eigenvalue weighted by atomic mass is 16.5. The Labute approximate surface area is 189 Å². The van der Waals surface area contributed by atoms with Gasteiger partial charge in [0.2, 0.25) is 0 Å². The van der Waals surface area contributed by atoms with Crippen LogP contribution in [-0.4, -0.2) is 28.7 Å². The highest BCUT2D eigenvalue weighted by molar-refractivity contribution is 6.07. The van der Waals surface area contributed by atoms with Crippen LogP contribution in [0.5, 0.6) is 11.5 Å². The van der Waals surface area contributed by atoms with E-state index in [1.165, 1.54) is 23.2 Å². The molecule has 3 heterocycles.